The van der Waals surface area contributed by atoms with Crippen LogP contribution in [0.5, 0.6) is 0 Å². The Morgan fingerprint density at radius 2 is 2.06 bits per heavy atom. The van der Waals surface area contributed by atoms with Gasteiger partial charge in [-0.25, -0.2) is 0 Å². The molecule has 1 N–H and O–H groups in total. The first-order valence-electron chi connectivity index (χ1n) is 6.13. The summed E-state index contributed by atoms with van der Waals surface area (Å²) in [6.07, 6.45) is 2.55. The van der Waals surface area contributed by atoms with E-state index in [1.807, 2.05) is 0 Å². The monoisotopic (exact) mass is 219 g/mol. The Labute approximate surface area is 98.0 Å². The highest BCUT2D eigenvalue weighted by Gasteiger charge is 2.13. The van der Waals surface area contributed by atoms with Crippen molar-refractivity contribution in [1.29, 1.82) is 0 Å². The minimum atomic E-state index is 0.573. The van der Waals surface area contributed by atoms with Crippen molar-refractivity contribution in [2.24, 2.45) is 0 Å². The van der Waals surface area contributed by atoms with Gasteiger partial charge in [-0.3, -0.25) is 0 Å². The molecule has 2 rings (SSSR count). The summed E-state index contributed by atoms with van der Waals surface area (Å²) in [4.78, 5) is 0. The predicted octanol–water partition coefficient (Wildman–Crippen LogP) is 2.57. The molecule has 0 amide bonds. The zero-order valence-corrected chi connectivity index (χ0v) is 10.3. The fourth-order valence-electron chi connectivity index (χ4n) is 2.28. The first-order valence-corrected chi connectivity index (χ1v) is 6.13. The van der Waals surface area contributed by atoms with Gasteiger partial charge in [-0.2, -0.15) is 0 Å². The SMILES string of the molecule is Cc1cccc(C)c1COCC1CCCN1. The molecule has 1 fully saturated rings. The Bertz CT molecular complexity index is 322. The van der Waals surface area contributed by atoms with Gasteiger partial charge in [0.25, 0.3) is 0 Å². The van der Waals surface area contributed by atoms with Crippen molar-refractivity contribution in [1.82, 2.24) is 5.32 Å². The largest absolute Gasteiger partial charge is 0.375 e. The lowest BCUT2D eigenvalue weighted by atomic mass is 10.0. The summed E-state index contributed by atoms with van der Waals surface area (Å²) in [5, 5.41) is 3.45. The van der Waals surface area contributed by atoms with Gasteiger partial charge in [0.05, 0.1) is 13.2 Å². The molecule has 0 aromatic heterocycles. The summed E-state index contributed by atoms with van der Waals surface area (Å²) in [5.74, 6) is 0. The maximum absolute atomic E-state index is 5.80. The average Bonchev–Trinajstić information content (AvgIpc) is 2.75. The quantitative estimate of drug-likeness (QED) is 0.840. The fourth-order valence-corrected chi connectivity index (χ4v) is 2.28. The molecule has 1 heterocycles. The van der Waals surface area contributed by atoms with Crippen LogP contribution in [0.3, 0.4) is 0 Å². The van der Waals surface area contributed by atoms with Gasteiger partial charge in [-0.05, 0) is 49.9 Å². The summed E-state index contributed by atoms with van der Waals surface area (Å²) >= 11 is 0. The van der Waals surface area contributed by atoms with E-state index in [2.05, 4.69) is 37.4 Å². The summed E-state index contributed by atoms with van der Waals surface area (Å²) in [6.45, 7) is 7.04. The second kappa shape index (κ2) is 5.46. The van der Waals surface area contributed by atoms with Crippen LogP contribution in [0.4, 0.5) is 0 Å². The molecule has 0 spiro atoms. The lowest BCUT2D eigenvalue weighted by molar-refractivity contribution is 0.103. The maximum Gasteiger partial charge on any atom is 0.0722 e. The number of hydrogen-bond donors (Lipinski definition) is 1. The van der Waals surface area contributed by atoms with Crippen molar-refractivity contribution >= 4 is 0 Å². The van der Waals surface area contributed by atoms with E-state index in [1.165, 1.54) is 29.5 Å². The number of hydrogen-bond acceptors (Lipinski definition) is 2. The Morgan fingerprint density at radius 3 is 2.69 bits per heavy atom. The lowest BCUT2D eigenvalue weighted by Crippen LogP contribution is -2.26. The number of rotatable bonds is 4. The summed E-state index contributed by atoms with van der Waals surface area (Å²) < 4.78 is 5.80. The third-order valence-electron chi connectivity index (χ3n) is 3.37. The Hall–Kier alpha value is -0.860. The predicted molar refractivity (Wildman–Crippen MR) is 66.6 cm³/mol. The van der Waals surface area contributed by atoms with Crippen molar-refractivity contribution in [3.05, 3.63) is 34.9 Å². The van der Waals surface area contributed by atoms with E-state index in [-0.39, 0.29) is 0 Å². The molecule has 1 aromatic carbocycles. The minimum absolute atomic E-state index is 0.573. The van der Waals surface area contributed by atoms with E-state index in [4.69, 9.17) is 4.74 Å². The molecule has 1 saturated heterocycles. The van der Waals surface area contributed by atoms with Gasteiger partial charge in [-0.1, -0.05) is 18.2 Å². The third-order valence-corrected chi connectivity index (χ3v) is 3.37. The van der Waals surface area contributed by atoms with Gasteiger partial charge >= 0.3 is 0 Å². The molecule has 2 heteroatoms. The van der Waals surface area contributed by atoms with Crippen LogP contribution in [0.1, 0.15) is 29.5 Å². The van der Waals surface area contributed by atoms with Gasteiger partial charge in [0.15, 0.2) is 0 Å². The molecule has 16 heavy (non-hydrogen) atoms. The Balaban J connectivity index is 1.84. The van der Waals surface area contributed by atoms with Crippen molar-refractivity contribution in [3.63, 3.8) is 0 Å². The fraction of sp³-hybridized carbons (Fsp3) is 0.571. The number of ether oxygens (including phenoxy) is 1. The highest BCUT2D eigenvalue weighted by atomic mass is 16.5. The van der Waals surface area contributed by atoms with Gasteiger partial charge < -0.3 is 10.1 Å². The van der Waals surface area contributed by atoms with Crippen LogP contribution >= 0.6 is 0 Å². The van der Waals surface area contributed by atoms with Crippen LogP contribution in [-0.2, 0) is 11.3 Å². The third kappa shape index (κ3) is 2.83. The molecule has 88 valence electrons. The second-order valence-corrected chi connectivity index (χ2v) is 4.68. The van der Waals surface area contributed by atoms with Crippen LogP contribution in [0, 0.1) is 13.8 Å². The highest BCUT2D eigenvalue weighted by Crippen LogP contribution is 2.15. The molecule has 0 radical (unpaired) electrons. The van der Waals surface area contributed by atoms with E-state index in [1.54, 1.807) is 0 Å². The lowest BCUT2D eigenvalue weighted by Gasteiger charge is -2.13. The van der Waals surface area contributed by atoms with Gasteiger partial charge in [-0.15, -0.1) is 0 Å². The van der Waals surface area contributed by atoms with Crippen molar-refractivity contribution in [2.75, 3.05) is 13.2 Å². The molecular weight excluding hydrogens is 198 g/mol. The second-order valence-electron chi connectivity index (χ2n) is 4.68. The zero-order valence-electron chi connectivity index (χ0n) is 10.3. The number of nitrogens with one attached hydrogen (secondary N) is 1. The zero-order chi connectivity index (χ0) is 11.4. The number of aryl methyl sites for hydroxylation is 2. The van der Waals surface area contributed by atoms with Crippen molar-refractivity contribution in [3.8, 4) is 0 Å². The first kappa shape index (κ1) is 11.6. The van der Waals surface area contributed by atoms with Gasteiger partial charge in [0, 0.05) is 6.04 Å². The summed E-state index contributed by atoms with van der Waals surface area (Å²) in [5.41, 5.74) is 4.01. The van der Waals surface area contributed by atoms with E-state index in [0.717, 1.165) is 19.8 Å². The molecule has 1 aliphatic rings. The Morgan fingerprint density at radius 1 is 1.31 bits per heavy atom. The van der Waals surface area contributed by atoms with Gasteiger partial charge in [0.1, 0.15) is 0 Å². The average molecular weight is 219 g/mol. The minimum Gasteiger partial charge on any atom is -0.375 e. The van der Waals surface area contributed by atoms with Crippen LogP contribution in [0.15, 0.2) is 18.2 Å². The molecule has 0 aliphatic carbocycles. The first-order chi connectivity index (χ1) is 7.77. The van der Waals surface area contributed by atoms with Crippen LogP contribution < -0.4 is 5.32 Å². The van der Waals surface area contributed by atoms with E-state index < -0.39 is 0 Å². The molecule has 0 bridgehead atoms. The number of benzene rings is 1. The molecule has 1 aromatic rings. The Kier molecular flexibility index (Phi) is 3.97. The van der Waals surface area contributed by atoms with E-state index >= 15 is 0 Å². The highest BCUT2D eigenvalue weighted by molar-refractivity contribution is 5.32. The smallest absolute Gasteiger partial charge is 0.0722 e. The van der Waals surface area contributed by atoms with Crippen LogP contribution in [-0.4, -0.2) is 19.2 Å². The normalized spacial score (nSPS) is 20.2. The molecular formula is C14H21NO. The topological polar surface area (TPSA) is 21.3 Å². The maximum atomic E-state index is 5.80. The molecule has 1 aliphatic heterocycles. The molecule has 1 unspecified atom stereocenters. The molecule has 0 saturated carbocycles. The summed E-state index contributed by atoms with van der Waals surface area (Å²) in [7, 11) is 0. The molecule has 2 nitrogen and oxygen atoms in total. The van der Waals surface area contributed by atoms with Crippen LogP contribution in [0.2, 0.25) is 0 Å². The van der Waals surface area contributed by atoms with Crippen LogP contribution in [0.25, 0.3) is 0 Å². The van der Waals surface area contributed by atoms with Gasteiger partial charge in [0.2, 0.25) is 0 Å². The van der Waals surface area contributed by atoms with E-state index in [0.29, 0.717) is 6.04 Å². The summed E-state index contributed by atoms with van der Waals surface area (Å²) in [6, 6.07) is 6.98. The van der Waals surface area contributed by atoms with Crippen molar-refractivity contribution in [2.45, 2.75) is 39.3 Å². The molecule has 1 atom stereocenters. The van der Waals surface area contributed by atoms with E-state index in [9.17, 15) is 0 Å². The standard InChI is InChI=1S/C14H21NO/c1-11-5-3-6-12(2)14(11)10-16-9-13-7-4-8-15-13/h3,5-6,13,15H,4,7-10H2,1-2H3. The van der Waals surface area contributed by atoms with Crippen molar-refractivity contribution < 1.29 is 4.74 Å².